The molecule has 1 amide bonds. The number of ketones is 1. The van der Waals surface area contributed by atoms with Gasteiger partial charge < -0.3 is 24.0 Å². The van der Waals surface area contributed by atoms with E-state index in [1.54, 1.807) is 23.5 Å². The van der Waals surface area contributed by atoms with E-state index in [1.807, 2.05) is 54.1 Å². The topological polar surface area (TPSA) is 93.9 Å². The van der Waals surface area contributed by atoms with E-state index in [-0.39, 0.29) is 17.4 Å². The Morgan fingerprint density at radius 1 is 1.13 bits per heavy atom. The second-order valence-corrected chi connectivity index (χ2v) is 10.2. The zero-order valence-electron chi connectivity index (χ0n) is 22.5. The third kappa shape index (κ3) is 5.70. The first-order valence-electron chi connectivity index (χ1n) is 13.7. The van der Waals surface area contributed by atoms with Crippen LogP contribution >= 0.6 is 0 Å². The molecule has 0 aliphatic carbocycles. The van der Waals surface area contributed by atoms with Crippen molar-refractivity contribution in [1.82, 2.24) is 14.5 Å². The van der Waals surface area contributed by atoms with Crippen molar-refractivity contribution in [1.29, 1.82) is 0 Å². The van der Waals surface area contributed by atoms with Gasteiger partial charge in [0, 0.05) is 37.5 Å². The number of imidazole rings is 1. The fourth-order valence-electron chi connectivity index (χ4n) is 5.34. The molecule has 1 N–H and O–H groups in total. The molecule has 0 spiro atoms. The van der Waals surface area contributed by atoms with Crippen LogP contribution in [0.2, 0.25) is 0 Å². The number of Topliss-reactive ketones (excluding diaryl/α,β-unsaturated/α-hetero) is 1. The molecule has 1 fully saturated rings. The van der Waals surface area contributed by atoms with Gasteiger partial charge in [0.1, 0.15) is 23.4 Å². The van der Waals surface area contributed by atoms with Gasteiger partial charge in [0.05, 0.1) is 24.5 Å². The van der Waals surface area contributed by atoms with Gasteiger partial charge in [-0.15, -0.1) is 0 Å². The summed E-state index contributed by atoms with van der Waals surface area (Å²) >= 11 is 0. The fourth-order valence-corrected chi connectivity index (χ4v) is 5.34. The summed E-state index contributed by atoms with van der Waals surface area (Å²) in [7, 11) is 0. The van der Waals surface area contributed by atoms with Crippen LogP contribution in [0.15, 0.2) is 66.8 Å². The summed E-state index contributed by atoms with van der Waals surface area (Å²) in [5.41, 5.74) is 2.29. The maximum atomic E-state index is 13.4. The Morgan fingerprint density at radius 3 is 2.79 bits per heavy atom. The summed E-state index contributed by atoms with van der Waals surface area (Å²) in [5, 5.41) is 11.5. The summed E-state index contributed by atoms with van der Waals surface area (Å²) in [4.78, 5) is 32.4. The van der Waals surface area contributed by atoms with E-state index in [1.165, 1.54) is 0 Å². The smallest absolute Gasteiger partial charge is 0.295 e. The second kappa shape index (κ2) is 11.8. The summed E-state index contributed by atoms with van der Waals surface area (Å²) in [6, 6.07) is 12.2. The number of amides is 1. The lowest BCUT2D eigenvalue weighted by atomic mass is 9.94. The minimum atomic E-state index is -0.726. The number of fused-ring (bicyclic) bond motifs is 1. The van der Waals surface area contributed by atoms with Crippen molar-refractivity contribution >= 4 is 17.4 Å². The van der Waals surface area contributed by atoms with Gasteiger partial charge in [-0.2, -0.15) is 0 Å². The predicted molar refractivity (Wildman–Crippen MR) is 148 cm³/mol. The van der Waals surface area contributed by atoms with Crippen LogP contribution < -0.4 is 9.47 Å². The molecule has 0 unspecified atom stereocenters. The molecule has 1 aromatic heterocycles. The summed E-state index contributed by atoms with van der Waals surface area (Å²) < 4.78 is 13.7. The molecular formula is C31H35N3O5. The number of aromatic nitrogens is 2. The standard InChI is InChI=1S/C31H35N3O5/c1-3-4-5-16-38-25-9-6-8-22(19-25)28-27(29(35)23-10-11-26-24(18-23)17-21(2)39-26)30(36)31(37)34(28)14-7-13-33-15-12-32-20-33/h6,8-12,15,18-21,28,35H,3-5,7,13-14,16-17H2,1-2H3/b29-27+/t21-,28+/m1/s1. The fraction of sp³-hybridized carbons (Fsp3) is 0.387. The Hall–Kier alpha value is -4.07. The van der Waals surface area contributed by atoms with Crippen molar-refractivity contribution in [3.8, 4) is 11.5 Å². The van der Waals surface area contributed by atoms with Crippen LogP contribution in [0.1, 0.15) is 62.3 Å². The largest absolute Gasteiger partial charge is 0.507 e. The lowest BCUT2D eigenvalue weighted by Crippen LogP contribution is -2.31. The number of aryl methyl sites for hydroxylation is 1. The van der Waals surface area contributed by atoms with Crippen molar-refractivity contribution in [2.24, 2.45) is 0 Å². The van der Waals surface area contributed by atoms with E-state index < -0.39 is 17.7 Å². The number of carbonyl (C=O) groups is 2. The molecule has 204 valence electrons. The quantitative estimate of drug-likeness (QED) is 0.157. The van der Waals surface area contributed by atoms with Crippen LogP contribution in [-0.2, 0) is 22.6 Å². The van der Waals surface area contributed by atoms with E-state index in [9.17, 15) is 14.7 Å². The number of hydrogen-bond acceptors (Lipinski definition) is 6. The Kier molecular flexibility index (Phi) is 8.00. The highest BCUT2D eigenvalue weighted by Crippen LogP contribution is 2.41. The number of ether oxygens (including phenoxy) is 2. The normalized spacial score (nSPS) is 19.8. The number of rotatable bonds is 11. The van der Waals surface area contributed by atoms with Crippen molar-refractivity contribution in [2.45, 2.75) is 64.6 Å². The SMILES string of the molecule is CCCCCOc1cccc([C@H]2/C(=C(\O)c3ccc4c(c3)C[C@@H](C)O4)C(=O)C(=O)N2CCCn2ccnc2)c1. The number of hydrogen-bond donors (Lipinski definition) is 1. The highest BCUT2D eigenvalue weighted by molar-refractivity contribution is 6.46. The first kappa shape index (κ1) is 26.5. The number of aliphatic hydroxyl groups excluding tert-OH is 1. The molecule has 0 radical (unpaired) electrons. The van der Waals surface area contributed by atoms with Crippen molar-refractivity contribution < 1.29 is 24.2 Å². The van der Waals surface area contributed by atoms with Crippen molar-refractivity contribution in [3.63, 3.8) is 0 Å². The van der Waals surface area contributed by atoms with E-state index in [0.29, 0.717) is 37.4 Å². The van der Waals surface area contributed by atoms with Gasteiger partial charge in [0.15, 0.2) is 0 Å². The molecule has 2 aromatic carbocycles. The molecule has 0 bridgehead atoms. The van der Waals surface area contributed by atoms with Gasteiger partial charge in [-0.05, 0) is 61.2 Å². The van der Waals surface area contributed by atoms with Crippen LogP contribution in [-0.4, -0.2) is 50.5 Å². The molecule has 2 atom stereocenters. The predicted octanol–water partition coefficient (Wildman–Crippen LogP) is 5.29. The monoisotopic (exact) mass is 529 g/mol. The van der Waals surface area contributed by atoms with Gasteiger partial charge in [-0.25, -0.2) is 4.98 Å². The van der Waals surface area contributed by atoms with E-state index in [2.05, 4.69) is 11.9 Å². The maximum absolute atomic E-state index is 13.4. The van der Waals surface area contributed by atoms with Gasteiger partial charge in [0.25, 0.3) is 11.7 Å². The number of carbonyl (C=O) groups excluding carboxylic acids is 2. The molecule has 2 aliphatic rings. The van der Waals surface area contributed by atoms with E-state index in [4.69, 9.17) is 9.47 Å². The third-order valence-corrected chi connectivity index (χ3v) is 7.27. The number of nitrogens with zero attached hydrogens (tertiary/aromatic N) is 3. The van der Waals surface area contributed by atoms with Crippen LogP contribution in [0.5, 0.6) is 11.5 Å². The molecule has 8 heteroatoms. The van der Waals surface area contributed by atoms with Crippen LogP contribution in [0.25, 0.3) is 5.76 Å². The Balaban J connectivity index is 1.49. The van der Waals surface area contributed by atoms with Gasteiger partial charge in [-0.1, -0.05) is 31.9 Å². The molecule has 3 aromatic rings. The lowest BCUT2D eigenvalue weighted by Gasteiger charge is -2.26. The molecular weight excluding hydrogens is 494 g/mol. The summed E-state index contributed by atoms with van der Waals surface area (Å²) in [5.74, 6) is -0.00842. The maximum Gasteiger partial charge on any atom is 0.295 e. The Morgan fingerprint density at radius 2 is 2.00 bits per heavy atom. The zero-order chi connectivity index (χ0) is 27.4. The van der Waals surface area contributed by atoms with Crippen LogP contribution in [0.4, 0.5) is 0 Å². The lowest BCUT2D eigenvalue weighted by molar-refractivity contribution is -0.139. The second-order valence-electron chi connectivity index (χ2n) is 10.2. The Bertz CT molecular complexity index is 1360. The minimum Gasteiger partial charge on any atom is -0.507 e. The van der Waals surface area contributed by atoms with E-state index in [0.717, 1.165) is 42.6 Å². The first-order chi connectivity index (χ1) is 19.0. The van der Waals surface area contributed by atoms with Gasteiger partial charge >= 0.3 is 0 Å². The highest BCUT2D eigenvalue weighted by Gasteiger charge is 2.46. The average molecular weight is 530 g/mol. The van der Waals surface area contributed by atoms with Gasteiger partial charge in [-0.3, -0.25) is 9.59 Å². The summed E-state index contributed by atoms with van der Waals surface area (Å²) in [6.07, 6.45) is 9.84. The van der Waals surface area contributed by atoms with Crippen molar-refractivity contribution in [2.75, 3.05) is 13.2 Å². The number of benzene rings is 2. The van der Waals surface area contributed by atoms with Crippen LogP contribution in [0, 0.1) is 0 Å². The van der Waals surface area contributed by atoms with Gasteiger partial charge in [0.2, 0.25) is 0 Å². The molecule has 3 heterocycles. The molecule has 8 nitrogen and oxygen atoms in total. The average Bonchev–Trinajstić information content (AvgIpc) is 3.65. The Labute approximate surface area is 228 Å². The molecule has 2 aliphatic heterocycles. The number of likely N-dealkylation sites (tertiary alicyclic amines) is 1. The zero-order valence-corrected chi connectivity index (χ0v) is 22.5. The van der Waals surface area contributed by atoms with Crippen LogP contribution in [0.3, 0.4) is 0 Å². The molecule has 1 saturated heterocycles. The molecule has 5 rings (SSSR count). The molecule has 39 heavy (non-hydrogen) atoms. The number of aliphatic hydroxyl groups is 1. The molecule has 0 saturated carbocycles. The third-order valence-electron chi connectivity index (χ3n) is 7.27. The van der Waals surface area contributed by atoms with Crippen molar-refractivity contribution in [3.05, 3.63) is 83.4 Å². The first-order valence-corrected chi connectivity index (χ1v) is 13.7. The minimum absolute atomic E-state index is 0.0542. The number of unbranched alkanes of at least 4 members (excludes halogenated alkanes) is 2. The highest BCUT2D eigenvalue weighted by atomic mass is 16.5. The summed E-state index contributed by atoms with van der Waals surface area (Å²) in [6.45, 7) is 5.73. The van der Waals surface area contributed by atoms with E-state index >= 15 is 0 Å².